The molecule has 0 saturated carbocycles. The van der Waals surface area contributed by atoms with E-state index >= 15 is 0 Å². The van der Waals surface area contributed by atoms with Crippen molar-refractivity contribution in [2.45, 2.75) is 43.8 Å². The summed E-state index contributed by atoms with van der Waals surface area (Å²) < 4.78 is 5.68. The molecule has 3 heterocycles. The number of aliphatic hydroxyl groups excluding tert-OH is 1. The summed E-state index contributed by atoms with van der Waals surface area (Å²) in [5.41, 5.74) is 5.30. The summed E-state index contributed by atoms with van der Waals surface area (Å²) in [6.45, 7) is 4.17. The Hall–Kier alpha value is -1.62. The minimum Gasteiger partial charge on any atom is -0.477 e. The van der Waals surface area contributed by atoms with Crippen molar-refractivity contribution in [3.63, 3.8) is 0 Å². The summed E-state index contributed by atoms with van der Waals surface area (Å²) in [6, 6.07) is -0.330. The van der Waals surface area contributed by atoms with Crippen LogP contribution < -0.4 is 11.1 Å². The van der Waals surface area contributed by atoms with Gasteiger partial charge in [-0.15, -0.1) is 11.8 Å². The number of carbonyl (C=O) groups excluding carboxylic acids is 2. The first-order valence-electron chi connectivity index (χ1n) is 9.01. The maximum atomic E-state index is 12.4. The van der Waals surface area contributed by atoms with Crippen molar-refractivity contribution in [3.05, 3.63) is 10.6 Å². The SMILES string of the molecule is C[C@H]1C(S[C@@H]2CCO[C@@H]2CNC(=O)CN)=C(C(=O)O)N2C(=O)[C@H]([C@@H](C)O)C12. The number of aliphatic carboxylic acids is 1. The minimum absolute atomic E-state index is 0.0102. The van der Waals surface area contributed by atoms with Gasteiger partial charge in [0.05, 0.1) is 30.7 Å². The summed E-state index contributed by atoms with van der Waals surface area (Å²) in [6.07, 6.45) is -0.360. The van der Waals surface area contributed by atoms with Gasteiger partial charge in [0.1, 0.15) is 5.70 Å². The largest absolute Gasteiger partial charge is 0.477 e. The molecule has 150 valence electrons. The van der Waals surface area contributed by atoms with Gasteiger partial charge in [0.2, 0.25) is 11.8 Å². The first kappa shape index (κ1) is 20.1. The van der Waals surface area contributed by atoms with E-state index in [1.807, 2.05) is 6.92 Å². The third-order valence-electron chi connectivity index (χ3n) is 5.42. The van der Waals surface area contributed by atoms with Crippen LogP contribution in [0.4, 0.5) is 0 Å². The average Bonchev–Trinajstić information content (AvgIpc) is 3.14. The standard InChI is InChI=1S/C17H25N3O6S/c1-7-13-12(8(2)21)16(23)20(13)14(17(24)25)15(7)27-10-3-4-26-9(10)6-19-11(22)5-18/h7-10,12-13,21H,3-6,18H2,1-2H3,(H,19,22)(H,24,25)/t7-,8-,9-,10-,12-,13?/m1/s1. The number of amides is 2. The van der Waals surface area contributed by atoms with Crippen LogP contribution in [0.1, 0.15) is 20.3 Å². The normalized spacial score (nSPS) is 33.7. The second-order valence-electron chi connectivity index (χ2n) is 7.13. The Morgan fingerprint density at radius 3 is 2.78 bits per heavy atom. The lowest BCUT2D eigenvalue weighted by Gasteiger charge is -2.46. The van der Waals surface area contributed by atoms with E-state index in [2.05, 4.69) is 5.32 Å². The van der Waals surface area contributed by atoms with Crippen molar-refractivity contribution >= 4 is 29.5 Å². The fraction of sp³-hybridized carbons (Fsp3) is 0.706. The van der Waals surface area contributed by atoms with Crippen LogP contribution in [-0.4, -0.2) is 76.1 Å². The first-order chi connectivity index (χ1) is 12.8. The Morgan fingerprint density at radius 1 is 1.48 bits per heavy atom. The van der Waals surface area contributed by atoms with Gasteiger partial charge in [0, 0.05) is 29.2 Å². The smallest absolute Gasteiger partial charge is 0.353 e. The highest BCUT2D eigenvalue weighted by molar-refractivity contribution is 8.03. The highest BCUT2D eigenvalue weighted by Crippen LogP contribution is 2.52. The molecule has 0 aromatic carbocycles. The maximum absolute atomic E-state index is 12.4. The average molecular weight is 399 g/mol. The highest BCUT2D eigenvalue weighted by atomic mass is 32.2. The van der Waals surface area contributed by atoms with Crippen LogP contribution in [0.5, 0.6) is 0 Å². The van der Waals surface area contributed by atoms with Gasteiger partial charge >= 0.3 is 5.97 Å². The van der Waals surface area contributed by atoms with Crippen LogP contribution in [0.15, 0.2) is 10.6 Å². The monoisotopic (exact) mass is 399 g/mol. The van der Waals surface area contributed by atoms with Gasteiger partial charge < -0.3 is 30.9 Å². The second-order valence-corrected chi connectivity index (χ2v) is 8.42. The molecule has 27 heavy (non-hydrogen) atoms. The zero-order chi connectivity index (χ0) is 19.9. The molecule has 2 fully saturated rings. The zero-order valence-corrected chi connectivity index (χ0v) is 16.1. The molecule has 10 heteroatoms. The lowest BCUT2D eigenvalue weighted by atomic mass is 9.79. The second kappa shape index (κ2) is 7.78. The Balaban J connectivity index is 1.77. The Kier molecular flexibility index (Phi) is 5.80. The fourth-order valence-electron chi connectivity index (χ4n) is 4.08. The van der Waals surface area contributed by atoms with Crippen LogP contribution in [0.2, 0.25) is 0 Å². The number of carbonyl (C=O) groups is 3. The number of hydrogen-bond donors (Lipinski definition) is 4. The number of carboxylic acid groups (broad SMARTS) is 1. The van der Waals surface area contributed by atoms with E-state index in [1.165, 1.54) is 16.7 Å². The Bertz CT molecular complexity index is 682. The quantitative estimate of drug-likeness (QED) is 0.404. The highest BCUT2D eigenvalue weighted by Gasteiger charge is 2.60. The van der Waals surface area contributed by atoms with Gasteiger partial charge in [-0.05, 0) is 13.3 Å². The number of carboxylic acids is 1. The fourth-order valence-corrected chi connectivity index (χ4v) is 5.60. The van der Waals surface area contributed by atoms with Gasteiger partial charge in [-0.2, -0.15) is 0 Å². The number of thioether (sulfide) groups is 1. The molecule has 3 aliphatic heterocycles. The predicted molar refractivity (Wildman–Crippen MR) is 97.4 cm³/mol. The molecule has 2 amide bonds. The van der Waals surface area contributed by atoms with E-state index in [1.54, 1.807) is 6.92 Å². The zero-order valence-electron chi connectivity index (χ0n) is 15.3. The van der Waals surface area contributed by atoms with Gasteiger partial charge in [0.15, 0.2) is 0 Å². The van der Waals surface area contributed by atoms with E-state index in [0.717, 1.165) is 6.42 Å². The lowest BCUT2D eigenvalue weighted by Crippen LogP contribution is -2.63. The molecule has 0 aromatic rings. The third-order valence-corrected chi connectivity index (χ3v) is 7.09. The van der Waals surface area contributed by atoms with Crippen molar-refractivity contribution in [1.29, 1.82) is 0 Å². The number of nitrogens with two attached hydrogens (primary N) is 1. The Morgan fingerprint density at radius 2 is 2.19 bits per heavy atom. The van der Waals surface area contributed by atoms with Crippen LogP contribution in [-0.2, 0) is 19.1 Å². The van der Waals surface area contributed by atoms with Crippen LogP contribution >= 0.6 is 11.8 Å². The topological polar surface area (TPSA) is 142 Å². The van der Waals surface area contributed by atoms with Gasteiger partial charge in [-0.3, -0.25) is 9.59 Å². The van der Waals surface area contributed by atoms with Crippen molar-refractivity contribution < 1.29 is 29.3 Å². The number of aliphatic hydroxyl groups is 1. The van der Waals surface area contributed by atoms with E-state index in [-0.39, 0.29) is 47.4 Å². The number of hydrogen-bond acceptors (Lipinski definition) is 7. The summed E-state index contributed by atoms with van der Waals surface area (Å²) in [5, 5.41) is 22.3. The number of rotatable bonds is 7. The van der Waals surface area contributed by atoms with Crippen molar-refractivity contribution in [2.24, 2.45) is 17.6 Å². The van der Waals surface area contributed by atoms with Crippen molar-refractivity contribution in [1.82, 2.24) is 10.2 Å². The number of nitrogens with zero attached hydrogens (tertiary/aromatic N) is 1. The summed E-state index contributed by atoms with van der Waals surface area (Å²) in [7, 11) is 0. The third kappa shape index (κ3) is 3.46. The van der Waals surface area contributed by atoms with Gasteiger partial charge in [-0.1, -0.05) is 6.92 Å². The maximum Gasteiger partial charge on any atom is 0.353 e. The molecule has 9 nitrogen and oxygen atoms in total. The first-order valence-corrected chi connectivity index (χ1v) is 9.89. The lowest BCUT2D eigenvalue weighted by molar-refractivity contribution is -0.163. The summed E-state index contributed by atoms with van der Waals surface area (Å²) in [4.78, 5) is 37.6. The molecule has 5 N–H and O–H groups in total. The number of fused-ring (bicyclic) bond motifs is 1. The Labute approximate surface area is 161 Å². The van der Waals surface area contributed by atoms with Crippen molar-refractivity contribution in [2.75, 3.05) is 19.7 Å². The molecule has 0 aliphatic carbocycles. The molecule has 0 bridgehead atoms. The molecule has 3 rings (SSSR count). The molecular weight excluding hydrogens is 374 g/mol. The molecule has 0 radical (unpaired) electrons. The summed E-state index contributed by atoms with van der Waals surface area (Å²) in [5.74, 6) is -2.52. The summed E-state index contributed by atoms with van der Waals surface area (Å²) >= 11 is 1.41. The van der Waals surface area contributed by atoms with E-state index < -0.39 is 18.0 Å². The van der Waals surface area contributed by atoms with E-state index in [9.17, 15) is 24.6 Å². The van der Waals surface area contributed by atoms with Gasteiger partial charge in [-0.25, -0.2) is 4.79 Å². The number of ether oxygens (including phenoxy) is 1. The molecule has 3 aliphatic rings. The predicted octanol–water partition coefficient (Wildman–Crippen LogP) is -0.894. The van der Waals surface area contributed by atoms with E-state index in [4.69, 9.17) is 10.5 Å². The van der Waals surface area contributed by atoms with E-state index in [0.29, 0.717) is 18.1 Å². The van der Waals surface area contributed by atoms with Crippen LogP contribution in [0.3, 0.4) is 0 Å². The number of nitrogens with one attached hydrogen (secondary N) is 1. The molecule has 0 aromatic heterocycles. The van der Waals surface area contributed by atoms with Crippen molar-refractivity contribution in [3.8, 4) is 0 Å². The van der Waals surface area contributed by atoms with Gasteiger partial charge in [0.25, 0.3) is 0 Å². The number of β-lactam (4-membered cyclic amide) rings is 1. The van der Waals surface area contributed by atoms with Crippen LogP contribution in [0, 0.1) is 11.8 Å². The molecule has 1 unspecified atom stereocenters. The minimum atomic E-state index is -1.14. The molecule has 6 atom stereocenters. The van der Waals surface area contributed by atoms with Crippen LogP contribution in [0.25, 0.3) is 0 Å². The molecule has 0 spiro atoms. The molecule has 2 saturated heterocycles. The molecular formula is C17H25N3O6S.